The predicted molar refractivity (Wildman–Crippen MR) is 75.6 cm³/mol. The number of ether oxygens (including phenoxy) is 1. The molecule has 1 saturated heterocycles. The molecule has 7 heteroatoms. The van der Waals surface area contributed by atoms with Gasteiger partial charge in [0.2, 0.25) is 0 Å². The number of aromatic hydroxyl groups is 1. The first-order valence-electron chi connectivity index (χ1n) is 6.75. The van der Waals surface area contributed by atoms with Gasteiger partial charge in [0.1, 0.15) is 11.3 Å². The normalized spacial score (nSPS) is 15.4. The van der Waals surface area contributed by atoms with Crippen molar-refractivity contribution >= 4 is 17.7 Å². The Morgan fingerprint density at radius 1 is 1.29 bits per heavy atom. The molecular formula is C14H18N2O5. The average Bonchev–Trinajstić information content (AvgIpc) is 2.46. The van der Waals surface area contributed by atoms with Crippen LogP contribution >= 0.6 is 0 Å². The first-order valence-corrected chi connectivity index (χ1v) is 6.75. The third-order valence-electron chi connectivity index (χ3n) is 3.38. The Morgan fingerprint density at radius 2 is 2.00 bits per heavy atom. The molecule has 1 aromatic rings. The molecule has 1 heterocycles. The van der Waals surface area contributed by atoms with Crippen LogP contribution in [-0.2, 0) is 4.74 Å². The minimum atomic E-state index is -1.22. The Balaban J connectivity index is 1.84. The lowest BCUT2D eigenvalue weighted by Crippen LogP contribution is -2.35. The van der Waals surface area contributed by atoms with Crippen molar-refractivity contribution in [2.24, 2.45) is 5.92 Å². The third-order valence-corrected chi connectivity index (χ3v) is 3.38. The molecular weight excluding hydrogens is 276 g/mol. The first-order chi connectivity index (χ1) is 10.1. The average molecular weight is 294 g/mol. The maximum absolute atomic E-state index is 11.7. The van der Waals surface area contributed by atoms with Gasteiger partial charge in [0, 0.05) is 31.5 Å². The van der Waals surface area contributed by atoms with Gasteiger partial charge >= 0.3 is 12.0 Å². The summed E-state index contributed by atoms with van der Waals surface area (Å²) in [6, 6.07) is 3.49. The second-order valence-corrected chi connectivity index (χ2v) is 4.93. The number of anilines is 1. The number of aromatic carboxylic acids is 1. The van der Waals surface area contributed by atoms with Gasteiger partial charge < -0.3 is 25.6 Å². The molecule has 0 radical (unpaired) electrons. The van der Waals surface area contributed by atoms with Gasteiger partial charge in [-0.25, -0.2) is 9.59 Å². The Morgan fingerprint density at radius 3 is 2.62 bits per heavy atom. The number of rotatable bonds is 4. The highest BCUT2D eigenvalue weighted by atomic mass is 16.5. The van der Waals surface area contributed by atoms with E-state index in [-0.39, 0.29) is 17.3 Å². The predicted octanol–water partition coefficient (Wildman–Crippen LogP) is 1.64. The van der Waals surface area contributed by atoms with E-state index >= 15 is 0 Å². The van der Waals surface area contributed by atoms with Gasteiger partial charge in [-0.15, -0.1) is 0 Å². The first kappa shape index (κ1) is 15.1. The second-order valence-electron chi connectivity index (χ2n) is 4.93. The number of hydrogen-bond donors (Lipinski definition) is 4. The van der Waals surface area contributed by atoms with Crippen molar-refractivity contribution in [1.29, 1.82) is 0 Å². The van der Waals surface area contributed by atoms with Gasteiger partial charge in [-0.3, -0.25) is 0 Å². The van der Waals surface area contributed by atoms with Crippen LogP contribution in [0.15, 0.2) is 18.2 Å². The lowest BCUT2D eigenvalue weighted by atomic mass is 10.0. The summed E-state index contributed by atoms with van der Waals surface area (Å²) < 4.78 is 5.24. The number of nitrogens with one attached hydrogen (secondary N) is 2. The Labute approximate surface area is 121 Å². The molecule has 2 rings (SSSR count). The zero-order chi connectivity index (χ0) is 15.2. The summed E-state index contributed by atoms with van der Waals surface area (Å²) in [6.45, 7) is 2.01. The van der Waals surface area contributed by atoms with Gasteiger partial charge in [-0.05, 0) is 30.9 Å². The molecule has 114 valence electrons. The summed E-state index contributed by atoms with van der Waals surface area (Å²) in [5, 5.41) is 23.6. The summed E-state index contributed by atoms with van der Waals surface area (Å²) in [7, 11) is 0. The van der Waals surface area contributed by atoms with Crippen molar-refractivity contribution in [1.82, 2.24) is 5.32 Å². The number of hydrogen-bond acceptors (Lipinski definition) is 4. The van der Waals surface area contributed by atoms with Crippen molar-refractivity contribution in [2.75, 3.05) is 25.1 Å². The molecule has 0 spiro atoms. The molecule has 1 aliphatic heterocycles. The minimum absolute atomic E-state index is 0.205. The van der Waals surface area contributed by atoms with Crippen LogP contribution in [0, 0.1) is 5.92 Å². The molecule has 4 N–H and O–H groups in total. The number of carboxylic acids is 1. The maximum Gasteiger partial charge on any atom is 0.339 e. The fourth-order valence-corrected chi connectivity index (χ4v) is 2.15. The fraction of sp³-hybridized carbons (Fsp3) is 0.429. The van der Waals surface area contributed by atoms with Crippen molar-refractivity contribution < 1.29 is 24.5 Å². The van der Waals surface area contributed by atoms with E-state index in [1.54, 1.807) is 0 Å². The van der Waals surface area contributed by atoms with Gasteiger partial charge in [0.25, 0.3) is 0 Å². The van der Waals surface area contributed by atoms with Crippen LogP contribution in [-0.4, -0.2) is 42.0 Å². The number of urea groups is 1. The summed E-state index contributed by atoms with van der Waals surface area (Å²) in [5.41, 5.74) is 0.130. The SMILES string of the molecule is O=C(NCC1CCOCC1)Nc1ccc(C(=O)O)c(O)c1. The number of benzene rings is 1. The highest BCUT2D eigenvalue weighted by Crippen LogP contribution is 2.21. The van der Waals surface area contributed by atoms with Crippen molar-refractivity contribution in [3.8, 4) is 5.75 Å². The molecule has 7 nitrogen and oxygen atoms in total. The van der Waals surface area contributed by atoms with Crippen LogP contribution in [0.2, 0.25) is 0 Å². The standard InChI is InChI=1S/C14H18N2O5/c17-12-7-10(1-2-11(12)13(18)19)16-14(20)15-8-9-3-5-21-6-4-9/h1-2,7,9,17H,3-6,8H2,(H,18,19)(H2,15,16,20). The van der Waals surface area contributed by atoms with E-state index in [1.165, 1.54) is 18.2 Å². The van der Waals surface area contributed by atoms with Crippen LogP contribution < -0.4 is 10.6 Å². The molecule has 0 aliphatic carbocycles. The van der Waals surface area contributed by atoms with Gasteiger partial charge in [0.05, 0.1) is 0 Å². The Hall–Kier alpha value is -2.28. The Bertz CT molecular complexity index is 526. The van der Waals surface area contributed by atoms with E-state index in [0.29, 0.717) is 18.2 Å². The van der Waals surface area contributed by atoms with E-state index in [4.69, 9.17) is 9.84 Å². The number of carbonyl (C=O) groups excluding carboxylic acids is 1. The summed E-state index contributed by atoms with van der Waals surface area (Å²) in [4.78, 5) is 22.5. The molecule has 1 aromatic carbocycles. The molecule has 1 aliphatic rings. The molecule has 2 amide bonds. The molecule has 0 bridgehead atoms. The zero-order valence-electron chi connectivity index (χ0n) is 11.5. The van der Waals surface area contributed by atoms with Crippen LogP contribution in [0.3, 0.4) is 0 Å². The van der Waals surface area contributed by atoms with Crippen LogP contribution in [0.25, 0.3) is 0 Å². The van der Waals surface area contributed by atoms with E-state index < -0.39 is 5.97 Å². The van der Waals surface area contributed by atoms with Crippen LogP contribution in [0.5, 0.6) is 5.75 Å². The molecule has 0 saturated carbocycles. The van der Waals surface area contributed by atoms with Gasteiger partial charge in [0.15, 0.2) is 0 Å². The number of carbonyl (C=O) groups is 2. The van der Waals surface area contributed by atoms with Crippen LogP contribution in [0.4, 0.5) is 10.5 Å². The summed E-state index contributed by atoms with van der Waals surface area (Å²) in [6.07, 6.45) is 1.85. The quantitative estimate of drug-likeness (QED) is 0.675. The number of amides is 2. The highest BCUT2D eigenvalue weighted by molar-refractivity contribution is 5.93. The molecule has 0 aromatic heterocycles. The second kappa shape index (κ2) is 6.94. The minimum Gasteiger partial charge on any atom is -0.507 e. The maximum atomic E-state index is 11.7. The van der Waals surface area contributed by atoms with Crippen molar-refractivity contribution in [2.45, 2.75) is 12.8 Å². The summed E-state index contributed by atoms with van der Waals surface area (Å²) in [5.74, 6) is -1.19. The lowest BCUT2D eigenvalue weighted by Gasteiger charge is -2.22. The van der Waals surface area contributed by atoms with Crippen LogP contribution in [0.1, 0.15) is 23.2 Å². The molecule has 0 atom stereocenters. The smallest absolute Gasteiger partial charge is 0.339 e. The molecule has 1 fully saturated rings. The Kier molecular flexibility index (Phi) is 4.99. The van der Waals surface area contributed by atoms with Crippen molar-refractivity contribution in [3.05, 3.63) is 23.8 Å². The topological polar surface area (TPSA) is 108 Å². The zero-order valence-corrected chi connectivity index (χ0v) is 11.5. The van der Waals surface area contributed by atoms with Gasteiger partial charge in [-0.1, -0.05) is 0 Å². The largest absolute Gasteiger partial charge is 0.507 e. The van der Waals surface area contributed by atoms with E-state index in [9.17, 15) is 14.7 Å². The van der Waals surface area contributed by atoms with E-state index in [0.717, 1.165) is 26.1 Å². The summed E-state index contributed by atoms with van der Waals surface area (Å²) >= 11 is 0. The van der Waals surface area contributed by atoms with Gasteiger partial charge in [-0.2, -0.15) is 0 Å². The molecule has 21 heavy (non-hydrogen) atoms. The fourth-order valence-electron chi connectivity index (χ4n) is 2.15. The monoisotopic (exact) mass is 294 g/mol. The number of phenols is 1. The van der Waals surface area contributed by atoms with E-state index in [1.807, 2.05) is 0 Å². The van der Waals surface area contributed by atoms with E-state index in [2.05, 4.69) is 10.6 Å². The third kappa shape index (κ3) is 4.35. The number of carboxylic acid groups (broad SMARTS) is 1. The molecule has 0 unspecified atom stereocenters. The van der Waals surface area contributed by atoms with Crippen molar-refractivity contribution in [3.63, 3.8) is 0 Å². The highest BCUT2D eigenvalue weighted by Gasteiger charge is 2.15. The lowest BCUT2D eigenvalue weighted by molar-refractivity contribution is 0.0670.